The van der Waals surface area contributed by atoms with Crippen LogP contribution in [0.4, 0.5) is 0 Å². The van der Waals surface area contributed by atoms with Crippen LogP contribution in [0.25, 0.3) is 21.8 Å². The fourth-order valence-corrected chi connectivity index (χ4v) is 4.28. The molecular weight excluding hydrogens is 420 g/mol. The molecule has 8 nitrogen and oxygen atoms in total. The van der Waals surface area contributed by atoms with Crippen molar-refractivity contribution in [2.45, 2.75) is 24.9 Å². The third-order valence-corrected chi connectivity index (χ3v) is 6.14. The number of nitrogens with zero attached hydrogens (tertiary/aromatic N) is 1. The zero-order chi connectivity index (χ0) is 23.8. The Morgan fingerprint density at radius 3 is 2.33 bits per heavy atom. The van der Waals surface area contributed by atoms with Crippen molar-refractivity contribution in [3.05, 3.63) is 66.0 Å². The van der Waals surface area contributed by atoms with Crippen LogP contribution in [-0.2, 0) is 22.4 Å². The highest BCUT2D eigenvalue weighted by Gasteiger charge is 2.35. The highest BCUT2D eigenvalue weighted by molar-refractivity contribution is 5.91. The van der Waals surface area contributed by atoms with E-state index in [0.717, 1.165) is 27.4 Å². The monoisotopic (exact) mass is 449 g/mol. The van der Waals surface area contributed by atoms with E-state index in [4.69, 9.17) is 0 Å². The third kappa shape index (κ3) is 4.56. The average Bonchev–Trinajstić information content (AvgIpc) is 3.35. The number of likely N-dealkylation sites (N-methyl/N-ethyl adjacent to an activating group) is 1. The number of hydrogen-bond donors (Lipinski definition) is 5. The Balaban J connectivity index is 1.57. The number of fused-ring (bicyclic) bond motifs is 2. The molecular formula is C25H29N4O4+. The second-order valence-electron chi connectivity index (χ2n) is 9.31. The number of phenols is 1. The first-order chi connectivity index (χ1) is 15.6. The Hall–Kier alpha value is -3.78. The van der Waals surface area contributed by atoms with Gasteiger partial charge in [0.2, 0.25) is 0 Å². The van der Waals surface area contributed by atoms with E-state index >= 15 is 0 Å². The van der Waals surface area contributed by atoms with Gasteiger partial charge in [0.05, 0.1) is 26.7 Å². The number of carbonyl (C=O) groups is 2. The molecule has 0 saturated carbocycles. The Labute approximate surface area is 191 Å². The van der Waals surface area contributed by atoms with Crippen molar-refractivity contribution in [1.82, 2.24) is 15.3 Å². The Morgan fingerprint density at radius 2 is 1.61 bits per heavy atom. The molecule has 4 rings (SSSR count). The van der Waals surface area contributed by atoms with Crippen LogP contribution in [0.5, 0.6) is 5.75 Å². The molecule has 2 heterocycles. The minimum Gasteiger partial charge on any atom is -0.506 e. The maximum atomic E-state index is 13.4. The number of benzene rings is 2. The second kappa shape index (κ2) is 8.63. The van der Waals surface area contributed by atoms with Gasteiger partial charge < -0.3 is 30.0 Å². The lowest BCUT2D eigenvalue weighted by atomic mass is 10.0. The predicted octanol–water partition coefficient (Wildman–Crippen LogP) is 2.78. The van der Waals surface area contributed by atoms with E-state index in [9.17, 15) is 19.8 Å². The minimum absolute atomic E-state index is 0.148. The molecule has 0 saturated heterocycles. The molecule has 0 aliphatic carbocycles. The molecule has 1 amide bonds. The van der Waals surface area contributed by atoms with E-state index in [0.29, 0.717) is 16.4 Å². The summed E-state index contributed by atoms with van der Waals surface area (Å²) in [6.07, 6.45) is 4.15. The summed E-state index contributed by atoms with van der Waals surface area (Å²) in [5.74, 6) is -1.26. The van der Waals surface area contributed by atoms with Gasteiger partial charge in [-0.1, -0.05) is 30.3 Å². The van der Waals surface area contributed by atoms with Crippen molar-refractivity contribution in [2.75, 3.05) is 21.1 Å². The third-order valence-electron chi connectivity index (χ3n) is 6.14. The van der Waals surface area contributed by atoms with Crippen LogP contribution < -0.4 is 5.32 Å². The van der Waals surface area contributed by atoms with Gasteiger partial charge in [-0.25, -0.2) is 4.79 Å². The number of carboxylic acids is 1. The number of aromatic amines is 2. The molecule has 0 bridgehead atoms. The summed E-state index contributed by atoms with van der Waals surface area (Å²) in [6.45, 7) is 0. The molecule has 0 radical (unpaired) electrons. The second-order valence-corrected chi connectivity index (χ2v) is 9.31. The minimum atomic E-state index is -1.08. The molecule has 0 aliphatic rings. The lowest BCUT2D eigenvalue weighted by Crippen LogP contribution is -2.57. The van der Waals surface area contributed by atoms with Gasteiger partial charge >= 0.3 is 5.97 Å². The smallest absolute Gasteiger partial charge is 0.326 e. The molecule has 0 aliphatic heterocycles. The van der Waals surface area contributed by atoms with Gasteiger partial charge in [-0.3, -0.25) is 4.79 Å². The first-order valence-corrected chi connectivity index (χ1v) is 10.8. The summed E-state index contributed by atoms with van der Waals surface area (Å²) < 4.78 is 0.316. The number of quaternary nitrogens is 1. The quantitative estimate of drug-likeness (QED) is 0.266. The number of aromatic hydroxyl groups is 1. The molecule has 0 unspecified atom stereocenters. The number of H-pyrrole nitrogens is 2. The van der Waals surface area contributed by atoms with Gasteiger partial charge in [0.25, 0.3) is 5.91 Å². The zero-order valence-corrected chi connectivity index (χ0v) is 18.9. The van der Waals surface area contributed by atoms with E-state index in [1.54, 1.807) is 24.5 Å². The maximum absolute atomic E-state index is 13.4. The summed E-state index contributed by atoms with van der Waals surface area (Å²) in [5.41, 5.74) is 3.27. The fourth-order valence-electron chi connectivity index (χ4n) is 4.28. The van der Waals surface area contributed by atoms with Gasteiger partial charge in [-0.05, 0) is 23.3 Å². The number of phenolic OH excluding ortho intramolecular Hbond substituents is 1. The number of carboxylic acid groups (broad SMARTS) is 1. The van der Waals surface area contributed by atoms with E-state index in [2.05, 4.69) is 15.3 Å². The van der Waals surface area contributed by atoms with Gasteiger partial charge in [0.1, 0.15) is 11.8 Å². The van der Waals surface area contributed by atoms with Crippen LogP contribution in [0, 0.1) is 0 Å². The summed E-state index contributed by atoms with van der Waals surface area (Å²) >= 11 is 0. The van der Waals surface area contributed by atoms with E-state index in [1.807, 2.05) is 51.5 Å². The fraction of sp³-hybridized carbons (Fsp3) is 0.280. The standard InChI is InChI=1S/C25H28N4O4/c1-29(2,3)21(12-16-14-27-23-18(16)8-6-10-22(23)30)24(31)28-20(25(32)33)11-15-13-26-19-9-5-4-7-17(15)19/h4-10,13-14,20-21,26-27H,11-12H2,1-3H3,(H2-,28,30,31,32,33)/p+1/t20-,21-/m0/s1. The number of para-hydroxylation sites is 2. The number of amides is 1. The summed E-state index contributed by atoms with van der Waals surface area (Å²) in [5, 5.41) is 24.5. The molecule has 33 heavy (non-hydrogen) atoms. The number of nitrogens with one attached hydrogen (secondary N) is 3. The largest absolute Gasteiger partial charge is 0.506 e. The van der Waals surface area contributed by atoms with Crippen molar-refractivity contribution in [1.29, 1.82) is 0 Å². The van der Waals surface area contributed by atoms with Crippen molar-refractivity contribution in [3.8, 4) is 5.75 Å². The molecule has 2 aromatic carbocycles. The molecule has 0 fully saturated rings. The number of aliphatic carboxylic acids is 1. The highest BCUT2D eigenvalue weighted by Crippen LogP contribution is 2.28. The number of rotatable bonds is 8. The van der Waals surface area contributed by atoms with Crippen LogP contribution in [0.3, 0.4) is 0 Å². The lowest BCUT2D eigenvalue weighted by Gasteiger charge is -2.33. The predicted molar refractivity (Wildman–Crippen MR) is 127 cm³/mol. The average molecular weight is 450 g/mol. The normalized spacial score (nSPS) is 13.8. The highest BCUT2D eigenvalue weighted by atomic mass is 16.4. The van der Waals surface area contributed by atoms with Crippen molar-refractivity contribution >= 4 is 33.7 Å². The number of aromatic nitrogens is 2. The molecule has 2 atom stereocenters. The molecule has 5 N–H and O–H groups in total. The van der Waals surface area contributed by atoms with Crippen LogP contribution in [0.1, 0.15) is 11.1 Å². The summed E-state index contributed by atoms with van der Waals surface area (Å²) in [4.78, 5) is 31.6. The van der Waals surface area contributed by atoms with Crippen LogP contribution in [0.15, 0.2) is 54.9 Å². The maximum Gasteiger partial charge on any atom is 0.326 e. The Morgan fingerprint density at radius 1 is 0.939 bits per heavy atom. The van der Waals surface area contributed by atoms with E-state index in [-0.39, 0.29) is 18.1 Å². The first-order valence-electron chi connectivity index (χ1n) is 10.8. The first kappa shape index (κ1) is 22.4. The van der Waals surface area contributed by atoms with Gasteiger partial charge in [0.15, 0.2) is 6.04 Å². The van der Waals surface area contributed by atoms with E-state index in [1.165, 1.54) is 0 Å². The topological polar surface area (TPSA) is 118 Å². The summed E-state index contributed by atoms with van der Waals surface area (Å²) in [6, 6.07) is 11.3. The molecule has 8 heteroatoms. The molecule has 4 aromatic rings. The van der Waals surface area contributed by atoms with Crippen molar-refractivity contribution < 1.29 is 24.3 Å². The van der Waals surface area contributed by atoms with Crippen LogP contribution in [0.2, 0.25) is 0 Å². The molecule has 172 valence electrons. The molecule has 0 spiro atoms. The van der Waals surface area contributed by atoms with Gasteiger partial charge in [-0.15, -0.1) is 0 Å². The van der Waals surface area contributed by atoms with Crippen LogP contribution in [-0.4, -0.2) is 69.8 Å². The van der Waals surface area contributed by atoms with Crippen LogP contribution >= 0.6 is 0 Å². The van der Waals surface area contributed by atoms with Gasteiger partial charge in [0, 0.05) is 41.5 Å². The SMILES string of the molecule is C[N+](C)(C)[C@@H](Cc1c[nH]c2c(O)cccc12)C(=O)N[C@@H](Cc1c[nH]c2ccccc12)C(=O)O. The molecule has 2 aromatic heterocycles. The Bertz CT molecular complexity index is 1310. The number of hydrogen-bond acceptors (Lipinski definition) is 3. The van der Waals surface area contributed by atoms with Gasteiger partial charge in [-0.2, -0.15) is 0 Å². The van der Waals surface area contributed by atoms with Crippen molar-refractivity contribution in [2.24, 2.45) is 0 Å². The number of carbonyl (C=O) groups excluding carboxylic acids is 1. The zero-order valence-electron chi connectivity index (χ0n) is 18.9. The lowest BCUT2D eigenvalue weighted by molar-refractivity contribution is -0.886. The van der Waals surface area contributed by atoms with E-state index < -0.39 is 18.1 Å². The Kier molecular flexibility index (Phi) is 5.86. The summed E-state index contributed by atoms with van der Waals surface area (Å²) in [7, 11) is 5.73. The van der Waals surface area contributed by atoms with Crippen molar-refractivity contribution in [3.63, 3.8) is 0 Å².